The highest BCUT2D eigenvalue weighted by Gasteiger charge is 2.18. The van der Waals surface area contributed by atoms with E-state index in [0.717, 1.165) is 16.8 Å². The first kappa shape index (κ1) is 23.3. The molecule has 34 heavy (non-hydrogen) atoms. The number of nitrogens with zero attached hydrogens (tertiary/aromatic N) is 3. The molecule has 0 aliphatic heterocycles. The van der Waals surface area contributed by atoms with Crippen LogP contribution in [0.1, 0.15) is 30.9 Å². The van der Waals surface area contributed by atoms with Crippen LogP contribution in [0.3, 0.4) is 0 Å². The molecule has 4 aromatic rings. The summed E-state index contributed by atoms with van der Waals surface area (Å²) in [5.74, 6) is 0.0954. The molecule has 0 saturated carbocycles. The Morgan fingerprint density at radius 2 is 1.76 bits per heavy atom. The number of nitriles is 1. The van der Waals surface area contributed by atoms with Crippen molar-refractivity contribution in [2.45, 2.75) is 31.3 Å². The molecule has 0 unspecified atom stereocenters. The van der Waals surface area contributed by atoms with Gasteiger partial charge in [0.1, 0.15) is 0 Å². The average molecular weight is 469 g/mol. The summed E-state index contributed by atoms with van der Waals surface area (Å²) in [4.78, 5) is 30.9. The van der Waals surface area contributed by atoms with Crippen LogP contribution in [0.4, 0.5) is 5.69 Å². The van der Waals surface area contributed by atoms with E-state index in [1.165, 1.54) is 11.8 Å². The largest absolute Gasteiger partial charge is 0.325 e. The standard InChI is InChI=1S/C27H24N4O2S/c1-18(2)21-7-4-6-10-24(21)31-26(33)22-8-3-5-9-23(22)30-27(31)34-17-25(32)29-20-13-11-19(12-14-20)15-16-28/h3-14,18H,15,17H2,1-2H3,(H,29,32). The number of hydrogen-bond donors (Lipinski definition) is 1. The predicted molar refractivity (Wildman–Crippen MR) is 137 cm³/mol. The summed E-state index contributed by atoms with van der Waals surface area (Å²) in [6.45, 7) is 4.17. The number of hydrogen-bond acceptors (Lipinski definition) is 5. The summed E-state index contributed by atoms with van der Waals surface area (Å²) < 4.78 is 1.62. The number of nitrogens with one attached hydrogen (secondary N) is 1. The highest BCUT2D eigenvalue weighted by atomic mass is 32.2. The monoisotopic (exact) mass is 468 g/mol. The van der Waals surface area contributed by atoms with Gasteiger partial charge in [0.05, 0.1) is 34.8 Å². The maximum absolute atomic E-state index is 13.5. The Morgan fingerprint density at radius 3 is 2.50 bits per heavy atom. The van der Waals surface area contributed by atoms with Gasteiger partial charge in [-0.3, -0.25) is 14.2 Å². The molecule has 3 aromatic carbocycles. The van der Waals surface area contributed by atoms with E-state index in [4.69, 9.17) is 10.2 Å². The number of aromatic nitrogens is 2. The van der Waals surface area contributed by atoms with Gasteiger partial charge in [-0.2, -0.15) is 5.26 Å². The second-order valence-electron chi connectivity index (χ2n) is 8.13. The predicted octanol–water partition coefficient (Wildman–Crippen LogP) is 5.31. The lowest BCUT2D eigenvalue weighted by molar-refractivity contribution is -0.113. The van der Waals surface area contributed by atoms with Gasteiger partial charge in [-0.05, 0) is 47.4 Å². The average Bonchev–Trinajstić information content (AvgIpc) is 2.84. The number of carbonyl (C=O) groups excluding carboxylic acids is 1. The Kier molecular flexibility index (Phi) is 7.09. The van der Waals surface area contributed by atoms with Crippen LogP contribution < -0.4 is 10.9 Å². The van der Waals surface area contributed by atoms with Gasteiger partial charge in [-0.15, -0.1) is 0 Å². The SMILES string of the molecule is CC(C)c1ccccc1-n1c(SCC(=O)Nc2ccc(CC#N)cc2)nc2ccccc2c1=O. The van der Waals surface area contributed by atoms with Crippen molar-refractivity contribution in [3.63, 3.8) is 0 Å². The third kappa shape index (κ3) is 5.03. The van der Waals surface area contributed by atoms with Gasteiger partial charge in [0, 0.05) is 5.69 Å². The van der Waals surface area contributed by atoms with Gasteiger partial charge in [0.2, 0.25) is 5.91 Å². The van der Waals surface area contributed by atoms with Gasteiger partial charge in [-0.25, -0.2) is 4.98 Å². The highest BCUT2D eigenvalue weighted by Crippen LogP contribution is 2.27. The lowest BCUT2D eigenvalue weighted by Gasteiger charge is -2.18. The van der Waals surface area contributed by atoms with Crippen molar-refractivity contribution in [3.05, 3.63) is 94.3 Å². The van der Waals surface area contributed by atoms with Crippen LogP contribution in [0.2, 0.25) is 0 Å². The minimum Gasteiger partial charge on any atom is -0.325 e. The van der Waals surface area contributed by atoms with Crippen molar-refractivity contribution >= 4 is 34.3 Å². The Morgan fingerprint density at radius 1 is 1.06 bits per heavy atom. The third-order valence-corrected chi connectivity index (χ3v) is 6.34. The normalized spacial score (nSPS) is 10.9. The van der Waals surface area contributed by atoms with Crippen molar-refractivity contribution in [3.8, 4) is 11.8 Å². The van der Waals surface area contributed by atoms with Gasteiger partial charge in [-0.1, -0.05) is 68.1 Å². The zero-order valence-corrected chi connectivity index (χ0v) is 19.8. The molecule has 6 nitrogen and oxygen atoms in total. The smallest absolute Gasteiger partial charge is 0.266 e. The van der Waals surface area contributed by atoms with Crippen LogP contribution in [-0.2, 0) is 11.2 Å². The second kappa shape index (κ2) is 10.4. The molecule has 1 aromatic heterocycles. The summed E-state index contributed by atoms with van der Waals surface area (Å²) in [7, 11) is 0. The van der Waals surface area contributed by atoms with E-state index in [2.05, 4.69) is 25.2 Å². The van der Waals surface area contributed by atoms with Crippen LogP contribution >= 0.6 is 11.8 Å². The Balaban J connectivity index is 1.66. The number of amides is 1. The van der Waals surface area contributed by atoms with Crippen molar-refractivity contribution in [2.75, 3.05) is 11.1 Å². The molecule has 1 heterocycles. The number of thioether (sulfide) groups is 1. The van der Waals surface area contributed by atoms with E-state index in [9.17, 15) is 9.59 Å². The maximum atomic E-state index is 13.5. The van der Waals surface area contributed by atoms with Gasteiger partial charge in [0.15, 0.2) is 5.16 Å². The van der Waals surface area contributed by atoms with Crippen molar-refractivity contribution in [1.29, 1.82) is 5.26 Å². The fraction of sp³-hybridized carbons (Fsp3) is 0.185. The number of carbonyl (C=O) groups is 1. The molecule has 0 aliphatic rings. The molecular formula is C27H24N4O2S. The minimum atomic E-state index is -0.205. The molecule has 4 rings (SSSR count). The number of anilines is 1. The Bertz CT molecular complexity index is 1440. The van der Waals surface area contributed by atoms with Crippen molar-refractivity contribution in [2.24, 2.45) is 0 Å². The molecule has 0 aliphatic carbocycles. The lowest BCUT2D eigenvalue weighted by atomic mass is 10.0. The fourth-order valence-electron chi connectivity index (χ4n) is 3.73. The number of para-hydroxylation sites is 2. The molecule has 0 radical (unpaired) electrons. The molecule has 0 saturated heterocycles. The number of fused-ring (bicyclic) bond motifs is 1. The summed E-state index contributed by atoms with van der Waals surface area (Å²) in [5, 5.41) is 12.7. The topological polar surface area (TPSA) is 87.8 Å². The quantitative estimate of drug-likeness (QED) is 0.293. The summed E-state index contributed by atoms with van der Waals surface area (Å²) in [5.41, 5.74) is 3.79. The second-order valence-corrected chi connectivity index (χ2v) is 9.08. The molecular weight excluding hydrogens is 444 g/mol. The van der Waals surface area contributed by atoms with E-state index >= 15 is 0 Å². The van der Waals surface area contributed by atoms with E-state index in [1.54, 1.807) is 22.8 Å². The third-order valence-electron chi connectivity index (χ3n) is 5.40. The first-order valence-electron chi connectivity index (χ1n) is 11.0. The zero-order valence-electron chi connectivity index (χ0n) is 19.0. The first-order chi connectivity index (χ1) is 16.5. The van der Waals surface area contributed by atoms with Gasteiger partial charge in [0.25, 0.3) is 5.56 Å². The van der Waals surface area contributed by atoms with Crippen molar-refractivity contribution < 1.29 is 4.79 Å². The van der Waals surface area contributed by atoms with E-state index in [-0.39, 0.29) is 23.1 Å². The van der Waals surface area contributed by atoms with Crippen LogP contribution in [0.5, 0.6) is 0 Å². The maximum Gasteiger partial charge on any atom is 0.266 e. The zero-order chi connectivity index (χ0) is 24.1. The van der Waals surface area contributed by atoms with E-state index < -0.39 is 0 Å². The molecule has 0 bridgehead atoms. The summed E-state index contributed by atoms with van der Waals surface area (Å²) in [6.07, 6.45) is 0.326. The highest BCUT2D eigenvalue weighted by molar-refractivity contribution is 7.99. The Hall–Kier alpha value is -3.89. The molecule has 7 heteroatoms. The van der Waals surface area contributed by atoms with Gasteiger partial charge < -0.3 is 5.32 Å². The van der Waals surface area contributed by atoms with Crippen LogP contribution in [0, 0.1) is 11.3 Å². The first-order valence-corrected chi connectivity index (χ1v) is 12.0. The summed E-state index contributed by atoms with van der Waals surface area (Å²) in [6, 6.07) is 24.3. The van der Waals surface area contributed by atoms with E-state index in [1.807, 2.05) is 54.6 Å². The van der Waals surface area contributed by atoms with Crippen LogP contribution in [-0.4, -0.2) is 21.2 Å². The molecule has 1 N–H and O–H groups in total. The summed E-state index contributed by atoms with van der Waals surface area (Å²) >= 11 is 1.23. The van der Waals surface area contributed by atoms with Gasteiger partial charge >= 0.3 is 0 Å². The molecule has 1 amide bonds. The Labute approximate surface area is 202 Å². The number of benzene rings is 3. The fourth-order valence-corrected chi connectivity index (χ4v) is 4.53. The molecule has 0 spiro atoms. The van der Waals surface area contributed by atoms with Crippen LogP contribution in [0.15, 0.2) is 82.7 Å². The van der Waals surface area contributed by atoms with E-state index in [0.29, 0.717) is 28.2 Å². The lowest BCUT2D eigenvalue weighted by Crippen LogP contribution is -2.24. The molecule has 170 valence electrons. The van der Waals surface area contributed by atoms with Crippen molar-refractivity contribution in [1.82, 2.24) is 9.55 Å². The van der Waals surface area contributed by atoms with Crippen LogP contribution in [0.25, 0.3) is 16.6 Å². The molecule has 0 fully saturated rings. The minimum absolute atomic E-state index is 0.0918. The molecule has 0 atom stereocenters. The number of rotatable bonds is 7.